The van der Waals surface area contributed by atoms with Gasteiger partial charge in [-0.25, -0.2) is 4.39 Å². The summed E-state index contributed by atoms with van der Waals surface area (Å²) in [5, 5.41) is 0. The maximum atomic E-state index is 13.2. The van der Waals surface area contributed by atoms with Gasteiger partial charge in [0.1, 0.15) is 5.82 Å². The first-order valence-electron chi connectivity index (χ1n) is 5.32. The fourth-order valence-electron chi connectivity index (χ4n) is 1.51. The van der Waals surface area contributed by atoms with Crippen LogP contribution in [0.2, 0.25) is 0 Å². The van der Waals surface area contributed by atoms with Crippen molar-refractivity contribution in [3.63, 3.8) is 0 Å². The summed E-state index contributed by atoms with van der Waals surface area (Å²) in [6.45, 7) is 0. The van der Waals surface area contributed by atoms with E-state index < -0.39 is 0 Å². The van der Waals surface area contributed by atoms with Gasteiger partial charge in [-0.15, -0.1) is 6.42 Å². The Kier molecular flexibility index (Phi) is 3.32. The fourth-order valence-corrected chi connectivity index (χ4v) is 1.51. The van der Waals surface area contributed by atoms with Crippen molar-refractivity contribution in [3.05, 3.63) is 65.0 Å². The van der Waals surface area contributed by atoms with E-state index in [0.717, 1.165) is 5.56 Å². The Morgan fingerprint density at radius 1 is 0.944 bits per heavy atom. The van der Waals surface area contributed by atoms with Crippen molar-refractivity contribution >= 4 is 5.69 Å². The molecule has 0 aliphatic rings. The molecule has 0 aliphatic carbocycles. The van der Waals surface area contributed by atoms with Crippen molar-refractivity contribution < 1.29 is 4.39 Å². The molecule has 18 heavy (non-hydrogen) atoms. The van der Waals surface area contributed by atoms with Crippen LogP contribution in [0.15, 0.2) is 42.5 Å². The number of benzene rings is 2. The third kappa shape index (κ3) is 2.90. The van der Waals surface area contributed by atoms with Gasteiger partial charge in [0.25, 0.3) is 0 Å². The van der Waals surface area contributed by atoms with Crippen LogP contribution >= 0.6 is 0 Å². The molecule has 0 unspecified atom stereocenters. The van der Waals surface area contributed by atoms with Crippen LogP contribution in [0, 0.1) is 30.0 Å². The zero-order chi connectivity index (χ0) is 13.0. The number of nitrogens with two attached hydrogens (primary N) is 1. The van der Waals surface area contributed by atoms with Gasteiger partial charge >= 0.3 is 0 Å². The number of hydrogen-bond acceptors (Lipinski definition) is 1. The molecule has 0 amide bonds. The Balaban J connectivity index is 2.36. The minimum atomic E-state index is -0.387. The lowest BCUT2D eigenvalue weighted by atomic mass is 10.1. The molecule has 86 valence electrons. The summed E-state index contributed by atoms with van der Waals surface area (Å²) in [4.78, 5) is 0. The van der Waals surface area contributed by atoms with Gasteiger partial charge in [0.2, 0.25) is 0 Å². The topological polar surface area (TPSA) is 26.0 Å². The Labute approximate surface area is 105 Å². The van der Waals surface area contributed by atoms with Crippen molar-refractivity contribution in [1.82, 2.24) is 0 Å². The van der Waals surface area contributed by atoms with Crippen LogP contribution in [0.3, 0.4) is 0 Å². The van der Waals surface area contributed by atoms with Crippen molar-refractivity contribution in [2.75, 3.05) is 5.73 Å². The normalized spacial score (nSPS) is 9.11. The molecular formula is C16H10FN. The molecule has 0 fully saturated rings. The van der Waals surface area contributed by atoms with Crippen molar-refractivity contribution in [3.8, 4) is 24.2 Å². The second-order valence-electron chi connectivity index (χ2n) is 3.75. The summed E-state index contributed by atoms with van der Waals surface area (Å²) < 4.78 is 13.2. The van der Waals surface area contributed by atoms with Gasteiger partial charge < -0.3 is 5.73 Å². The Hall–Kier alpha value is -2.71. The predicted octanol–water partition coefficient (Wildman–Crippen LogP) is 2.79. The molecule has 0 saturated carbocycles. The summed E-state index contributed by atoms with van der Waals surface area (Å²) in [6, 6.07) is 11.5. The van der Waals surface area contributed by atoms with Crippen LogP contribution < -0.4 is 5.73 Å². The molecule has 1 nitrogen and oxygen atoms in total. The lowest BCUT2D eigenvalue weighted by molar-refractivity contribution is 0.627. The van der Waals surface area contributed by atoms with Crippen LogP contribution in [0.4, 0.5) is 10.1 Å². The number of hydrogen-bond donors (Lipinski definition) is 1. The van der Waals surface area contributed by atoms with E-state index in [9.17, 15) is 4.39 Å². The van der Waals surface area contributed by atoms with E-state index in [-0.39, 0.29) is 5.82 Å². The second kappa shape index (κ2) is 5.08. The minimum absolute atomic E-state index is 0.387. The molecule has 0 spiro atoms. The number of rotatable bonds is 0. The highest BCUT2D eigenvalue weighted by Crippen LogP contribution is 2.09. The molecule has 2 heteroatoms. The smallest absolute Gasteiger partial charge is 0.125 e. The molecule has 2 rings (SSSR count). The first-order chi connectivity index (χ1) is 8.67. The van der Waals surface area contributed by atoms with Crippen molar-refractivity contribution in [2.45, 2.75) is 0 Å². The summed E-state index contributed by atoms with van der Waals surface area (Å²) in [7, 11) is 0. The first kappa shape index (κ1) is 11.8. The molecular weight excluding hydrogens is 225 g/mol. The molecule has 0 atom stereocenters. The fraction of sp³-hybridized carbons (Fsp3) is 0. The third-order valence-corrected chi connectivity index (χ3v) is 2.30. The third-order valence-electron chi connectivity index (χ3n) is 2.30. The van der Waals surface area contributed by atoms with E-state index in [1.165, 1.54) is 12.1 Å². The molecule has 0 heterocycles. The van der Waals surface area contributed by atoms with Gasteiger partial charge in [-0.1, -0.05) is 23.8 Å². The van der Waals surface area contributed by atoms with Crippen LogP contribution in [-0.4, -0.2) is 0 Å². The summed E-state index contributed by atoms with van der Waals surface area (Å²) >= 11 is 0. The summed E-state index contributed by atoms with van der Waals surface area (Å²) in [5.41, 5.74) is 8.09. The Morgan fingerprint density at radius 3 is 2.39 bits per heavy atom. The van der Waals surface area contributed by atoms with Gasteiger partial charge in [0.05, 0.1) is 0 Å². The molecule has 0 aliphatic heterocycles. The molecule has 2 aromatic carbocycles. The first-order valence-corrected chi connectivity index (χ1v) is 5.32. The van der Waals surface area contributed by atoms with Crippen LogP contribution in [0.1, 0.15) is 16.7 Å². The number of terminal acetylenes is 1. The summed E-state index contributed by atoms with van der Waals surface area (Å²) in [6.07, 6.45) is 5.23. The molecule has 2 aromatic rings. The number of anilines is 1. The van der Waals surface area contributed by atoms with Gasteiger partial charge in [-0.05, 0) is 36.4 Å². The highest BCUT2D eigenvalue weighted by Gasteiger charge is 1.96. The van der Waals surface area contributed by atoms with E-state index in [4.69, 9.17) is 12.2 Å². The monoisotopic (exact) mass is 235 g/mol. The molecule has 0 saturated heterocycles. The number of halogens is 1. The quantitative estimate of drug-likeness (QED) is 0.551. The minimum Gasteiger partial charge on any atom is -0.399 e. The van der Waals surface area contributed by atoms with Crippen LogP contribution in [0.5, 0.6) is 0 Å². The highest BCUT2D eigenvalue weighted by atomic mass is 19.1. The van der Waals surface area contributed by atoms with Crippen LogP contribution in [-0.2, 0) is 0 Å². The lowest BCUT2D eigenvalue weighted by Gasteiger charge is -1.95. The van der Waals surface area contributed by atoms with Crippen LogP contribution in [0.25, 0.3) is 0 Å². The van der Waals surface area contributed by atoms with Gasteiger partial charge in [0.15, 0.2) is 0 Å². The SMILES string of the molecule is C#Cc1cc(F)cc(C#Cc2cccc(N)c2)c1. The lowest BCUT2D eigenvalue weighted by Crippen LogP contribution is -1.85. The largest absolute Gasteiger partial charge is 0.399 e. The summed E-state index contributed by atoms with van der Waals surface area (Å²) in [5.74, 6) is 7.78. The van der Waals surface area contributed by atoms with E-state index in [1.807, 2.05) is 12.1 Å². The zero-order valence-electron chi connectivity index (χ0n) is 9.57. The van der Waals surface area contributed by atoms with E-state index >= 15 is 0 Å². The van der Waals surface area contributed by atoms with Gasteiger partial charge in [0, 0.05) is 22.4 Å². The number of nitrogen functional groups attached to an aromatic ring is 1. The maximum Gasteiger partial charge on any atom is 0.125 e. The van der Waals surface area contributed by atoms with E-state index in [0.29, 0.717) is 16.8 Å². The Morgan fingerprint density at radius 2 is 1.67 bits per heavy atom. The Bertz CT molecular complexity index is 684. The molecule has 0 radical (unpaired) electrons. The molecule has 0 aromatic heterocycles. The van der Waals surface area contributed by atoms with E-state index in [1.54, 1.807) is 18.2 Å². The van der Waals surface area contributed by atoms with E-state index in [2.05, 4.69) is 17.8 Å². The van der Waals surface area contributed by atoms with Gasteiger partial charge in [-0.2, -0.15) is 0 Å². The molecule has 0 bridgehead atoms. The maximum absolute atomic E-state index is 13.2. The predicted molar refractivity (Wildman–Crippen MR) is 71.2 cm³/mol. The second-order valence-corrected chi connectivity index (χ2v) is 3.75. The zero-order valence-corrected chi connectivity index (χ0v) is 9.57. The highest BCUT2D eigenvalue weighted by molar-refractivity contribution is 5.51. The van der Waals surface area contributed by atoms with Crippen molar-refractivity contribution in [2.24, 2.45) is 0 Å². The van der Waals surface area contributed by atoms with Crippen molar-refractivity contribution in [1.29, 1.82) is 0 Å². The molecule has 2 N–H and O–H groups in total. The average Bonchev–Trinajstić information content (AvgIpc) is 2.36. The standard InChI is InChI=1S/C16H10FN/c1-2-12-8-14(10-15(17)9-12)7-6-13-4-3-5-16(18)11-13/h1,3-5,8-11H,18H2. The van der Waals surface area contributed by atoms with Gasteiger partial charge in [-0.3, -0.25) is 0 Å². The average molecular weight is 235 g/mol.